The number of nitrogens with one attached hydrogen (secondary N) is 2. The molecule has 8 heteroatoms. The van der Waals surface area contributed by atoms with Crippen molar-refractivity contribution in [1.82, 2.24) is 15.2 Å². The number of pyridine rings is 1. The van der Waals surface area contributed by atoms with Crippen molar-refractivity contribution in [2.24, 2.45) is 0 Å². The van der Waals surface area contributed by atoms with E-state index in [4.69, 9.17) is 9.47 Å². The van der Waals surface area contributed by atoms with Crippen LogP contribution in [0.5, 0.6) is 17.2 Å². The van der Waals surface area contributed by atoms with Crippen LogP contribution in [-0.4, -0.2) is 34.5 Å². The predicted molar refractivity (Wildman–Crippen MR) is 110 cm³/mol. The summed E-state index contributed by atoms with van der Waals surface area (Å²) >= 11 is 3.36. The van der Waals surface area contributed by atoms with Gasteiger partial charge in [-0.3, -0.25) is 15.0 Å². The molecule has 0 bridgehead atoms. The minimum atomic E-state index is -0.260. The van der Waals surface area contributed by atoms with Gasteiger partial charge in [0.15, 0.2) is 5.65 Å². The molecule has 0 saturated carbocycles. The van der Waals surface area contributed by atoms with Crippen LogP contribution in [0.3, 0.4) is 0 Å². The van der Waals surface area contributed by atoms with Gasteiger partial charge in [0.1, 0.15) is 21.7 Å². The maximum absolute atomic E-state index is 12.1. The fraction of sp³-hybridized carbons (Fsp3) is 0.100. The highest BCUT2D eigenvalue weighted by atomic mass is 79.9. The summed E-state index contributed by atoms with van der Waals surface area (Å²) in [6.45, 7) is 0. The molecule has 3 N–H and O–H groups in total. The van der Waals surface area contributed by atoms with Crippen LogP contribution in [0.4, 0.5) is 0 Å². The largest absolute Gasteiger partial charge is 0.506 e. The number of aromatic nitrogens is 3. The minimum absolute atomic E-state index is 0.00107. The molecule has 28 heavy (non-hydrogen) atoms. The molecule has 142 valence electrons. The first-order chi connectivity index (χ1) is 13.5. The van der Waals surface area contributed by atoms with Crippen molar-refractivity contribution in [2.75, 3.05) is 14.2 Å². The third-order valence-electron chi connectivity index (χ3n) is 4.52. The van der Waals surface area contributed by atoms with Crippen LogP contribution in [0, 0.1) is 0 Å². The van der Waals surface area contributed by atoms with Crippen LogP contribution < -0.4 is 15.0 Å². The number of phenolic OH excluding ortho intramolecular Hbond substituents is 1. The van der Waals surface area contributed by atoms with Gasteiger partial charge >= 0.3 is 0 Å². The molecule has 0 amide bonds. The van der Waals surface area contributed by atoms with E-state index in [-0.39, 0.29) is 11.3 Å². The van der Waals surface area contributed by atoms with Gasteiger partial charge in [0.2, 0.25) is 0 Å². The Bertz CT molecular complexity index is 1230. The van der Waals surface area contributed by atoms with Gasteiger partial charge in [-0.1, -0.05) is 12.1 Å². The monoisotopic (exact) mass is 441 g/mol. The summed E-state index contributed by atoms with van der Waals surface area (Å²) in [5.41, 5.74) is 2.70. The summed E-state index contributed by atoms with van der Waals surface area (Å²) in [4.78, 5) is 16.7. The number of aromatic hydroxyl groups is 1. The summed E-state index contributed by atoms with van der Waals surface area (Å²) in [5, 5.41) is 16.5. The highest BCUT2D eigenvalue weighted by Gasteiger charge is 2.19. The normalized spacial score (nSPS) is 11.0. The van der Waals surface area contributed by atoms with Gasteiger partial charge in [-0.25, -0.2) is 4.98 Å². The van der Waals surface area contributed by atoms with Crippen molar-refractivity contribution in [1.29, 1.82) is 0 Å². The number of H-pyrrole nitrogens is 2. The highest BCUT2D eigenvalue weighted by molar-refractivity contribution is 9.10. The number of benzene rings is 2. The zero-order valence-corrected chi connectivity index (χ0v) is 16.6. The molecule has 0 radical (unpaired) electrons. The first-order valence-electron chi connectivity index (χ1n) is 8.35. The van der Waals surface area contributed by atoms with E-state index in [1.807, 2.05) is 24.3 Å². The van der Waals surface area contributed by atoms with Gasteiger partial charge in [0.05, 0.1) is 25.3 Å². The first-order valence-corrected chi connectivity index (χ1v) is 9.14. The van der Waals surface area contributed by atoms with Crippen molar-refractivity contribution >= 4 is 27.0 Å². The zero-order valence-electron chi connectivity index (χ0n) is 15.0. The smallest absolute Gasteiger partial charge is 0.273 e. The molecule has 4 rings (SSSR count). The van der Waals surface area contributed by atoms with Gasteiger partial charge < -0.3 is 14.6 Å². The van der Waals surface area contributed by atoms with Gasteiger partial charge in [-0.2, -0.15) is 0 Å². The highest BCUT2D eigenvalue weighted by Crippen LogP contribution is 2.43. The molecule has 0 fully saturated rings. The summed E-state index contributed by atoms with van der Waals surface area (Å²) < 4.78 is 10.9. The number of halogens is 1. The summed E-state index contributed by atoms with van der Waals surface area (Å²) in [5.74, 6) is 1.22. The van der Waals surface area contributed by atoms with Crippen LogP contribution in [0.15, 0.2) is 51.7 Å². The Hall–Kier alpha value is -3.26. The number of aromatic amines is 2. The predicted octanol–water partition coefficient (Wildman–Crippen LogP) is 4.07. The lowest BCUT2D eigenvalue weighted by atomic mass is 9.97. The van der Waals surface area contributed by atoms with Gasteiger partial charge in [0.25, 0.3) is 5.56 Å². The SMILES string of the molecule is COc1ccc(-c2cc3c(=O)[nH][nH]c3nc2-c2ccc(OC)c(Br)c2O)cc1. The van der Waals surface area contributed by atoms with Crippen LogP contribution in [0.25, 0.3) is 33.4 Å². The number of hydrogen-bond donors (Lipinski definition) is 3. The van der Waals surface area contributed by atoms with E-state index in [1.165, 1.54) is 7.11 Å². The number of rotatable bonds is 4. The van der Waals surface area contributed by atoms with Crippen molar-refractivity contribution in [3.63, 3.8) is 0 Å². The maximum atomic E-state index is 12.1. The van der Waals surface area contributed by atoms with E-state index in [9.17, 15) is 9.90 Å². The molecular weight excluding hydrogens is 426 g/mol. The van der Waals surface area contributed by atoms with Gasteiger partial charge in [-0.15, -0.1) is 0 Å². The third-order valence-corrected chi connectivity index (χ3v) is 5.28. The Kier molecular flexibility index (Phi) is 4.56. The number of ether oxygens (including phenoxy) is 2. The quantitative estimate of drug-likeness (QED) is 0.443. The van der Waals surface area contributed by atoms with E-state index >= 15 is 0 Å². The molecule has 2 aromatic carbocycles. The van der Waals surface area contributed by atoms with E-state index in [2.05, 4.69) is 31.1 Å². The second-order valence-electron chi connectivity index (χ2n) is 6.07. The lowest BCUT2D eigenvalue weighted by Crippen LogP contribution is -1.99. The summed E-state index contributed by atoms with van der Waals surface area (Å²) in [6, 6.07) is 12.6. The minimum Gasteiger partial charge on any atom is -0.506 e. The van der Waals surface area contributed by atoms with Crippen molar-refractivity contribution in [2.45, 2.75) is 0 Å². The number of phenols is 1. The van der Waals surface area contributed by atoms with Crippen molar-refractivity contribution in [3.8, 4) is 39.6 Å². The van der Waals surface area contributed by atoms with E-state index in [0.717, 1.165) is 5.56 Å². The molecule has 0 spiro atoms. The van der Waals surface area contributed by atoms with E-state index in [1.54, 1.807) is 25.3 Å². The molecule has 0 unspecified atom stereocenters. The lowest BCUT2D eigenvalue weighted by molar-refractivity contribution is 0.404. The number of hydrogen-bond acceptors (Lipinski definition) is 5. The first kappa shape index (κ1) is 18.1. The molecule has 4 aromatic rings. The van der Waals surface area contributed by atoms with E-state index < -0.39 is 0 Å². The van der Waals surface area contributed by atoms with Gasteiger partial charge in [0, 0.05) is 11.1 Å². The molecule has 0 atom stereocenters. The fourth-order valence-electron chi connectivity index (χ4n) is 3.06. The van der Waals surface area contributed by atoms with Crippen LogP contribution in [0.2, 0.25) is 0 Å². The molecular formula is C20H16BrN3O4. The van der Waals surface area contributed by atoms with Crippen LogP contribution >= 0.6 is 15.9 Å². The van der Waals surface area contributed by atoms with Crippen LogP contribution in [-0.2, 0) is 0 Å². The van der Waals surface area contributed by atoms with Crippen molar-refractivity contribution < 1.29 is 14.6 Å². The molecule has 0 aliphatic rings. The molecule has 2 aromatic heterocycles. The molecule has 0 aliphatic carbocycles. The summed E-state index contributed by atoms with van der Waals surface area (Å²) in [7, 11) is 3.12. The second-order valence-corrected chi connectivity index (χ2v) is 6.86. The molecule has 2 heterocycles. The standard InChI is InChI=1S/C20H16BrN3O4/c1-27-11-5-3-10(4-6-11)13-9-14-19(23-24-20(14)26)22-17(13)12-7-8-15(28-2)16(21)18(12)25/h3-9,25H,1-2H3,(H2,22,23,24,26). The number of nitrogens with zero attached hydrogens (tertiary/aromatic N) is 1. The topological polar surface area (TPSA) is 100 Å². The molecule has 0 aliphatic heterocycles. The van der Waals surface area contributed by atoms with E-state index in [0.29, 0.717) is 43.8 Å². The number of fused-ring (bicyclic) bond motifs is 1. The third kappa shape index (κ3) is 2.91. The fourth-order valence-corrected chi connectivity index (χ4v) is 3.56. The Morgan fingerprint density at radius 3 is 2.43 bits per heavy atom. The Morgan fingerprint density at radius 2 is 1.75 bits per heavy atom. The molecule has 0 saturated heterocycles. The Balaban J connectivity index is 2.01. The van der Waals surface area contributed by atoms with Crippen LogP contribution in [0.1, 0.15) is 0 Å². The summed E-state index contributed by atoms with van der Waals surface area (Å²) in [6.07, 6.45) is 0. The van der Waals surface area contributed by atoms with Gasteiger partial charge in [-0.05, 0) is 51.8 Å². The average molecular weight is 442 g/mol. The zero-order chi connectivity index (χ0) is 19.8. The maximum Gasteiger partial charge on any atom is 0.273 e. The molecule has 7 nitrogen and oxygen atoms in total. The Labute approximate surface area is 168 Å². The number of methoxy groups -OCH3 is 2. The Morgan fingerprint density at radius 1 is 1.00 bits per heavy atom. The average Bonchev–Trinajstić information content (AvgIpc) is 3.09. The van der Waals surface area contributed by atoms with Crippen molar-refractivity contribution in [3.05, 3.63) is 57.3 Å². The second kappa shape index (κ2) is 7.05. The lowest BCUT2D eigenvalue weighted by Gasteiger charge is -2.14.